The summed E-state index contributed by atoms with van der Waals surface area (Å²) in [6, 6.07) is 13.6. The van der Waals surface area contributed by atoms with Crippen LogP contribution in [0.2, 0.25) is 5.02 Å². The zero-order valence-electron chi connectivity index (χ0n) is 24.3. The van der Waals surface area contributed by atoms with E-state index in [-0.39, 0.29) is 11.7 Å². The van der Waals surface area contributed by atoms with Gasteiger partial charge in [-0.25, -0.2) is 14.2 Å². The molecule has 11 heteroatoms. The van der Waals surface area contributed by atoms with Crippen LogP contribution in [-0.4, -0.2) is 58.4 Å². The van der Waals surface area contributed by atoms with Gasteiger partial charge in [0.15, 0.2) is 11.5 Å². The van der Waals surface area contributed by atoms with E-state index in [0.717, 1.165) is 43.0 Å². The molecule has 1 aromatic heterocycles. The number of fused-ring (bicyclic) bond motifs is 3. The number of carboxylic acids is 1. The third-order valence-electron chi connectivity index (χ3n) is 9.57. The van der Waals surface area contributed by atoms with E-state index in [1.54, 1.807) is 25.1 Å². The molecule has 0 bridgehead atoms. The van der Waals surface area contributed by atoms with E-state index in [1.807, 2.05) is 12.1 Å². The Morgan fingerprint density at radius 1 is 1.18 bits per heavy atom. The van der Waals surface area contributed by atoms with Crippen molar-refractivity contribution in [2.24, 2.45) is 11.8 Å². The van der Waals surface area contributed by atoms with E-state index in [0.29, 0.717) is 64.2 Å². The Bertz CT molecular complexity index is 1810. The summed E-state index contributed by atoms with van der Waals surface area (Å²) in [5.41, 5.74) is 2.96. The molecule has 2 saturated heterocycles. The second-order valence-electron chi connectivity index (χ2n) is 12.3. The van der Waals surface area contributed by atoms with Crippen LogP contribution in [-0.2, 0) is 23.6 Å². The number of rotatable bonds is 8. The monoisotopic (exact) mass is 619 g/mol. The number of imidazole rings is 1. The highest BCUT2D eigenvalue weighted by atomic mass is 35.5. The first kappa shape index (κ1) is 27.7. The Hall–Kier alpha value is -3.86. The highest BCUT2D eigenvalue weighted by Crippen LogP contribution is 2.62. The molecular weight excluding hydrogens is 589 g/mol. The van der Waals surface area contributed by atoms with Crippen molar-refractivity contribution in [1.82, 2.24) is 14.5 Å². The minimum Gasteiger partial charge on any atom is -0.494 e. The number of ether oxygens (including phenoxy) is 4. The van der Waals surface area contributed by atoms with Crippen LogP contribution in [0.5, 0.6) is 17.2 Å². The molecule has 4 heterocycles. The van der Waals surface area contributed by atoms with Gasteiger partial charge in [-0.05, 0) is 60.6 Å². The Morgan fingerprint density at radius 3 is 2.66 bits per heavy atom. The average Bonchev–Trinajstić information content (AvgIpc) is 3.25. The Morgan fingerprint density at radius 2 is 1.98 bits per heavy atom. The molecule has 0 amide bonds. The lowest BCUT2D eigenvalue weighted by Gasteiger charge is -2.28. The van der Waals surface area contributed by atoms with Gasteiger partial charge in [0.2, 0.25) is 0 Å². The third kappa shape index (κ3) is 4.42. The predicted molar refractivity (Wildman–Crippen MR) is 159 cm³/mol. The highest BCUT2D eigenvalue weighted by molar-refractivity contribution is 6.30. The molecule has 5 atom stereocenters. The zero-order valence-corrected chi connectivity index (χ0v) is 25.0. The average molecular weight is 620 g/mol. The zero-order chi connectivity index (χ0) is 30.3. The fraction of sp³-hybridized carbons (Fsp3) is 0.394. The van der Waals surface area contributed by atoms with E-state index in [2.05, 4.69) is 15.5 Å². The molecule has 228 valence electrons. The Labute approximate surface area is 258 Å². The predicted octanol–water partition coefficient (Wildman–Crippen LogP) is 5.81. The van der Waals surface area contributed by atoms with Gasteiger partial charge in [-0.3, -0.25) is 4.90 Å². The van der Waals surface area contributed by atoms with Crippen LogP contribution in [0, 0.1) is 17.7 Å². The number of nitrogens with zero attached hydrogens (tertiary/aromatic N) is 3. The van der Waals surface area contributed by atoms with Gasteiger partial charge < -0.3 is 28.6 Å². The van der Waals surface area contributed by atoms with Crippen LogP contribution in [0.15, 0.2) is 48.5 Å². The SMILES string of the molecule is COc1cc(C(=O)O)cc2c1nc(CN1C[C@@H]3C(c4cccc5c4O[C@](C)(c4ccc(Cl)cc4F)O5)[C@@H]3C1)n2C[C@@H]1CCO1. The van der Waals surface area contributed by atoms with Crippen LogP contribution in [0.3, 0.4) is 0 Å². The normalized spacial score (nSPS) is 26.9. The first-order chi connectivity index (χ1) is 21.2. The maximum absolute atomic E-state index is 14.8. The van der Waals surface area contributed by atoms with E-state index in [4.69, 9.17) is 35.5 Å². The van der Waals surface area contributed by atoms with E-state index in [1.165, 1.54) is 19.2 Å². The Kier molecular flexibility index (Phi) is 6.34. The number of hydrogen-bond acceptors (Lipinski definition) is 7. The largest absolute Gasteiger partial charge is 0.494 e. The molecule has 4 aromatic rings. The summed E-state index contributed by atoms with van der Waals surface area (Å²) in [5.74, 6) is 1.07. The molecule has 44 heavy (non-hydrogen) atoms. The summed E-state index contributed by atoms with van der Waals surface area (Å²) in [6.45, 7) is 5.49. The van der Waals surface area contributed by atoms with Gasteiger partial charge in [0.25, 0.3) is 5.79 Å². The van der Waals surface area contributed by atoms with Crippen LogP contribution in [0.4, 0.5) is 4.39 Å². The van der Waals surface area contributed by atoms with Crippen molar-refractivity contribution in [2.45, 2.75) is 44.2 Å². The topological polar surface area (TPSA) is 95.3 Å². The van der Waals surface area contributed by atoms with Gasteiger partial charge in [-0.15, -0.1) is 0 Å². The second kappa shape index (κ2) is 10.1. The van der Waals surface area contributed by atoms with Crippen LogP contribution in [0.25, 0.3) is 11.0 Å². The Balaban J connectivity index is 1.02. The molecule has 0 radical (unpaired) electrons. The second-order valence-corrected chi connectivity index (χ2v) is 12.7. The van der Waals surface area contributed by atoms with Crippen molar-refractivity contribution in [3.63, 3.8) is 0 Å². The fourth-order valence-corrected chi connectivity index (χ4v) is 7.42. The number of likely N-dealkylation sites (tertiary alicyclic amines) is 1. The van der Waals surface area contributed by atoms with Gasteiger partial charge >= 0.3 is 5.97 Å². The molecule has 1 aliphatic carbocycles. The molecule has 8 rings (SSSR count). The minimum absolute atomic E-state index is 0.0800. The molecule has 3 fully saturated rings. The molecule has 9 nitrogen and oxygen atoms in total. The molecule has 1 N–H and O–H groups in total. The smallest absolute Gasteiger partial charge is 0.335 e. The minimum atomic E-state index is -1.28. The lowest BCUT2D eigenvalue weighted by molar-refractivity contribution is -0.0710. The number of hydrogen-bond donors (Lipinski definition) is 1. The maximum atomic E-state index is 14.8. The van der Waals surface area contributed by atoms with Crippen LogP contribution >= 0.6 is 11.6 Å². The third-order valence-corrected chi connectivity index (χ3v) is 9.80. The molecule has 0 spiro atoms. The van der Waals surface area contributed by atoms with Gasteiger partial charge in [-0.1, -0.05) is 23.7 Å². The molecule has 4 aliphatic rings. The first-order valence-electron chi connectivity index (χ1n) is 14.8. The van der Waals surface area contributed by atoms with Crippen molar-refractivity contribution < 1.29 is 33.2 Å². The quantitative estimate of drug-likeness (QED) is 0.264. The molecule has 3 aromatic carbocycles. The molecular formula is C33H31ClFN3O6. The number of aromatic carboxylic acids is 1. The van der Waals surface area contributed by atoms with Crippen molar-refractivity contribution in [3.05, 3.63) is 81.9 Å². The van der Waals surface area contributed by atoms with E-state index >= 15 is 0 Å². The number of aromatic nitrogens is 2. The van der Waals surface area contributed by atoms with Gasteiger partial charge in [0.05, 0.1) is 42.9 Å². The lowest BCUT2D eigenvalue weighted by Crippen LogP contribution is -2.33. The number of piperidine rings is 1. The van der Waals surface area contributed by atoms with Crippen molar-refractivity contribution in [3.8, 4) is 17.2 Å². The maximum Gasteiger partial charge on any atom is 0.335 e. The number of carbonyl (C=O) groups is 1. The number of para-hydroxylation sites is 1. The standard InChI is InChI=1S/C33H31ClFN3O6/c1-33(23-7-6-18(34)12-24(23)35)43-26-5-3-4-20(31(26)44-33)29-21-14-37(15-22(21)29)16-28-36-30-25(38(28)13-19-8-9-42-19)10-17(32(39)40)11-27(30)41-2/h3-7,10-12,19,21-22,29H,8-9,13-16H2,1-2H3,(H,39,40)/t19-,21-,22+,29?,33+/m0/s1. The summed E-state index contributed by atoms with van der Waals surface area (Å²) in [4.78, 5) is 19.2. The number of carboxylic acid groups (broad SMARTS) is 1. The highest BCUT2D eigenvalue weighted by Gasteiger charge is 2.58. The number of halogens is 2. The summed E-state index contributed by atoms with van der Waals surface area (Å²) in [7, 11) is 1.53. The molecule has 1 saturated carbocycles. The van der Waals surface area contributed by atoms with Crippen molar-refractivity contribution >= 4 is 28.6 Å². The van der Waals surface area contributed by atoms with E-state index in [9.17, 15) is 14.3 Å². The van der Waals surface area contributed by atoms with Crippen molar-refractivity contribution in [1.29, 1.82) is 0 Å². The number of methoxy groups -OCH3 is 1. The van der Waals surface area contributed by atoms with Crippen LogP contribution < -0.4 is 14.2 Å². The van der Waals surface area contributed by atoms with Gasteiger partial charge in [0, 0.05) is 37.2 Å². The summed E-state index contributed by atoms with van der Waals surface area (Å²) >= 11 is 5.98. The lowest BCUT2D eigenvalue weighted by atomic mass is 10.0. The first-order valence-corrected chi connectivity index (χ1v) is 15.2. The van der Waals surface area contributed by atoms with E-state index < -0.39 is 17.6 Å². The van der Waals surface area contributed by atoms with Crippen LogP contribution in [0.1, 0.15) is 46.6 Å². The summed E-state index contributed by atoms with van der Waals surface area (Å²) in [6.07, 6.45) is 1.04. The van der Waals surface area contributed by atoms with Gasteiger partial charge in [0.1, 0.15) is 22.9 Å². The number of benzene rings is 3. The fourth-order valence-electron chi connectivity index (χ4n) is 7.26. The summed E-state index contributed by atoms with van der Waals surface area (Å²) in [5, 5.41) is 10.0. The van der Waals surface area contributed by atoms with Gasteiger partial charge in [-0.2, -0.15) is 0 Å². The van der Waals surface area contributed by atoms with Crippen molar-refractivity contribution in [2.75, 3.05) is 26.8 Å². The summed E-state index contributed by atoms with van der Waals surface area (Å²) < 4.78 is 40.8. The molecule has 3 aliphatic heterocycles. The molecule has 1 unspecified atom stereocenters.